The van der Waals surface area contributed by atoms with Crippen LogP contribution in [0, 0.1) is 0 Å². The van der Waals surface area contributed by atoms with Gasteiger partial charge in [0.15, 0.2) is 0 Å². The minimum atomic E-state index is -1.56. The zero-order valence-electron chi connectivity index (χ0n) is 11.8. The Labute approximate surface area is 103 Å². The van der Waals surface area contributed by atoms with E-state index in [1.807, 2.05) is 0 Å². The van der Waals surface area contributed by atoms with Gasteiger partial charge in [0, 0.05) is 0 Å². The van der Waals surface area contributed by atoms with Crippen molar-refractivity contribution in [1.82, 2.24) is 9.96 Å². The quantitative estimate of drug-likeness (QED) is 0.722. The zero-order chi connectivity index (χ0) is 12.2. The molecule has 16 heavy (non-hydrogen) atoms. The standard InChI is InChI=1S/C13H30N2Si/c1-6-14-16(15-7-2,13(3,4)5)12-10-8-9-11-12/h12,14-15H,6-11H2,1-5H3. The smallest absolute Gasteiger partial charge is 0.210 e. The largest absolute Gasteiger partial charge is 0.325 e. The van der Waals surface area contributed by atoms with E-state index in [0.29, 0.717) is 5.04 Å². The molecule has 0 heterocycles. The molecule has 1 saturated carbocycles. The van der Waals surface area contributed by atoms with Gasteiger partial charge in [-0.05, 0) is 23.7 Å². The molecule has 0 aromatic heterocycles. The third-order valence-corrected chi connectivity index (χ3v) is 10.1. The summed E-state index contributed by atoms with van der Waals surface area (Å²) in [5.41, 5.74) is 0.924. The molecule has 96 valence electrons. The molecular weight excluding hydrogens is 212 g/mol. The maximum absolute atomic E-state index is 3.91. The second kappa shape index (κ2) is 5.65. The Hall–Kier alpha value is 0.137. The van der Waals surface area contributed by atoms with Crippen molar-refractivity contribution < 1.29 is 0 Å². The highest BCUT2D eigenvalue weighted by Gasteiger charge is 2.50. The summed E-state index contributed by atoms with van der Waals surface area (Å²) in [4.78, 5) is 7.81. The molecular formula is C13H30N2Si. The topological polar surface area (TPSA) is 24.1 Å². The number of nitrogens with one attached hydrogen (secondary N) is 2. The predicted octanol–water partition coefficient (Wildman–Crippen LogP) is 3.39. The van der Waals surface area contributed by atoms with Crippen LogP contribution in [-0.2, 0) is 0 Å². The molecule has 2 nitrogen and oxygen atoms in total. The first-order valence-electron chi connectivity index (χ1n) is 6.98. The van der Waals surface area contributed by atoms with Crippen LogP contribution in [-0.4, -0.2) is 21.5 Å². The highest BCUT2D eigenvalue weighted by molar-refractivity contribution is 6.79. The van der Waals surface area contributed by atoms with Crippen LogP contribution in [0.25, 0.3) is 0 Å². The van der Waals surface area contributed by atoms with E-state index in [9.17, 15) is 0 Å². The lowest BCUT2D eigenvalue weighted by Gasteiger charge is -2.47. The Morgan fingerprint density at radius 2 is 1.44 bits per heavy atom. The van der Waals surface area contributed by atoms with Crippen LogP contribution >= 0.6 is 0 Å². The molecule has 0 spiro atoms. The van der Waals surface area contributed by atoms with Crippen LogP contribution in [0.5, 0.6) is 0 Å². The van der Waals surface area contributed by atoms with E-state index in [-0.39, 0.29) is 0 Å². The summed E-state index contributed by atoms with van der Waals surface area (Å²) in [5.74, 6) is 0. The minimum absolute atomic E-state index is 0.397. The van der Waals surface area contributed by atoms with E-state index >= 15 is 0 Å². The summed E-state index contributed by atoms with van der Waals surface area (Å²) in [7, 11) is -1.56. The normalized spacial score (nSPS) is 19.3. The van der Waals surface area contributed by atoms with Crippen molar-refractivity contribution in [3.05, 3.63) is 0 Å². The van der Waals surface area contributed by atoms with Crippen molar-refractivity contribution in [3.63, 3.8) is 0 Å². The minimum Gasteiger partial charge on any atom is -0.325 e. The van der Waals surface area contributed by atoms with Gasteiger partial charge in [-0.25, -0.2) is 0 Å². The number of hydrogen-bond donors (Lipinski definition) is 2. The first-order chi connectivity index (χ1) is 7.48. The second-order valence-corrected chi connectivity index (χ2v) is 10.7. The van der Waals surface area contributed by atoms with Crippen molar-refractivity contribution in [3.8, 4) is 0 Å². The van der Waals surface area contributed by atoms with Gasteiger partial charge >= 0.3 is 0 Å². The molecule has 0 aliphatic heterocycles. The van der Waals surface area contributed by atoms with Crippen molar-refractivity contribution in [2.24, 2.45) is 0 Å². The Bertz CT molecular complexity index is 198. The Morgan fingerprint density at radius 1 is 1.00 bits per heavy atom. The molecule has 1 rings (SSSR count). The first-order valence-corrected chi connectivity index (χ1v) is 9.05. The van der Waals surface area contributed by atoms with Gasteiger partial charge in [0.05, 0.1) is 0 Å². The molecule has 0 radical (unpaired) electrons. The summed E-state index contributed by atoms with van der Waals surface area (Å²) in [6, 6.07) is 0. The number of rotatable bonds is 5. The van der Waals surface area contributed by atoms with Crippen LogP contribution in [0.4, 0.5) is 0 Å². The van der Waals surface area contributed by atoms with Gasteiger partial charge in [-0.1, -0.05) is 60.3 Å². The zero-order valence-corrected chi connectivity index (χ0v) is 12.8. The van der Waals surface area contributed by atoms with Crippen LogP contribution in [0.1, 0.15) is 60.3 Å². The average Bonchev–Trinajstić information content (AvgIpc) is 2.68. The summed E-state index contributed by atoms with van der Waals surface area (Å²) < 4.78 is 0. The predicted molar refractivity (Wildman–Crippen MR) is 75.0 cm³/mol. The lowest BCUT2D eigenvalue weighted by molar-refractivity contribution is 0.594. The molecule has 0 aromatic carbocycles. The van der Waals surface area contributed by atoms with Gasteiger partial charge in [-0.2, -0.15) is 0 Å². The third-order valence-electron chi connectivity index (χ3n) is 4.06. The monoisotopic (exact) mass is 242 g/mol. The molecule has 1 aliphatic rings. The molecule has 0 aromatic rings. The Kier molecular flexibility index (Phi) is 5.01. The van der Waals surface area contributed by atoms with Gasteiger partial charge in [0.25, 0.3) is 0 Å². The highest BCUT2D eigenvalue weighted by Crippen LogP contribution is 2.47. The molecule has 1 aliphatic carbocycles. The third kappa shape index (κ3) is 2.69. The van der Waals surface area contributed by atoms with E-state index in [4.69, 9.17) is 0 Å². The Balaban J connectivity index is 2.94. The molecule has 0 saturated heterocycles. The van der Waals surface area contributed by atoms with E-state index < -0.39 is 8.40 Å². The SMILES string of the molecule is CCN[Si](NCC)(C1CCCC1)C(C)(C)C. The fourth-order valence-corrected chi connectivity index (χ4v) is 8.79. The van der Waals surface area contributed by atoms with Crippen molar-refractivity contribution >= 4 is 8.40 Å². The van der Waals surface area contributed by atoms with Crippen LogP contribution < -0.4 is 9.96 Å². The van der Waals surface area contributed by atoms with E-state index in [2.05, 4.69) is 44.6 Å². The molecule has 0 atom stereocenters. The van der Waals surface area contributed by atoms with Crippen LogP contribution in [0.15, 0.2) is 0 Å². The van der Waals surface area contributed by atoms with Gasteiger partial charge in [0.2, 0.25) is 8.40 Å². The lowest BCUT2D eigenvalue weighted by Crippen LogP contribution is -2.70. The maximum Gasteiger partial charge on any atom is 0.210 e. The van der Waals surface area contributed by atoms with E-state index in [1.54, 1.807) is 0 Å². The van der Waals surface area contributed by atoms with Crippen molar-refractivity contribution in [2.45, 2.75) is 70.9 Å². The van der Waals surface area contributed by atoms with Crippen LogP contribution in [0.2, 0.25) is 10.6 Å². The van der Waals surface area contributed by atoms with Crippen LogP contribution in [0.3, 0.4) is 0 Å². The molecule has 2 N–H and O–H groups in total. The van der Waals surface area contributed by atoms with Crippen molar-refractivity contribution in [1.29, 1.82) is 0 Å². The summed E-state index contributed by atoms with van der Waals surface area (Å²) >= 11 is 0. The summed E-state index contributed by atoms with van der Waals surface area (Å²) in [6.07, 6.45) is 5.74. The lowest BCUT2D eigenvalue weighted by atomic mass is 10.2. The number of hydrogen-bond acceptors (Lipinski definition) is 2. The highest BCUT2D eigenvalue weighted by atomic mass is 28.3. The summed E-state index contributed by atoms with van der Waals surface area (Å²) in [6.45, 7) is 14.0. The first kappa shape index (κ1) is 14.2. The molecule has 0 bridgehead atoms. The Morgan fingerprint density at radius 3 is 1.75 bits per heavy atom. The fraction of sp³-hybridized carbons (Fsp3) is 1.00. The molecule has 0 unspecified atom stereocenters. The van der Waals surface area contributed by atoms with Gasteiger partial charge < -0.3 is 9.96 Å². The second-order valence-electron chi connectivity index (χ2n) is 6.10. The molecule has 1 fully saturated rings. The fourth-order valence-electron chi connectivity index (χ4n) is 3.41. The van der Waals surface area contributed by atoms with Gasteiger partial charge in [-0.3, -0.25) is 0 Å². The summed E-state index contributed by atoms with van der Waals surface area (Å²) in [5, 5.41) is 0.397. The van der Waals surface area contributed by atoms with E-state index in [0.717, 1.165) is 18.6 Å². The molecule has 3 heteroatoms. The molecule has 0 amide bonds. The van der Waals surface area contributed by atoms with Crippen molar-refractivity contribution in [2.75, 3.05) is 13.1 Å². The van der Waals surface area contributed by atoms with Gasteiger partial charge in [-0.15, -0.1) is 0 Å². The van der Waals surface area contributed by atoms with Gasteiger partial charge in [0.1, 0.15) is 0 Å². The maximum atomic E-state index is 3.91. The average molecular weight is 242 g/mol. The van der Waals surface area contributed by atoms with E-state index in [1.165, 1.54) is 25.7 Å².